The zero-order valence-corrected chi connectivity index (χ0v) is 27.2. The summed E-state index contributed by atoms with van der Waals surface area (Å²) in [5.41, 5.74) is 0. The first-order valence-corrected chi connectivity index (χ1v) is 17.1. The number of hydrogen-bond acceptors (Lipinski definition) is 4. The maximum absolute atomic E-state index is 6.53. The fourth-order valence-corrected chi connectivity index (χ4v) is 5.16. The molecule has 0 rings (SSSR count). The van der Waals surface area contributed by atoms with Crippen LogP contribution in [0, 0.1) is 0 Å². The molecule has 0 aromatic heterocycles. The Balaban J connectivity index is 5.04. The average Bonchev–Trinajstić information content (AvgIpc) is 2.91. The summed E-state index contributed by atoms with van der Waals surface area (Å²) in [5, 5.41) is 0. The van der Waals surface area contributed by atoms with Crippen molar-refractivity contribution in [2.45, 2.75) is 187 Å². The van der Waals surface area contributed by atoms with Crippen molar-refractivity contribution >= 4 is 0 Å². The van der Waals surface area contributed by atoms with Crippen LogP contribution in [0.2, 0.25) is 0 Å². The molecule has 221 valence electrons. The zero-order chi connectivity index (χ0) is 27.3. The van der Waals surface area contributed by atoms with Gasteiger partial charge in [-0.2, -0.15) is 0 Å². The van der Waals surface area contributed by atoms with Gasteiger partial charge in [-0.25, -0.2) is 0 Å². The molecular formula is C32H65O4Ti. The van der Waals surface area contributed by atoms with Crippen LogP contribution >= 0.6 is 0 Å². The normalized spacial score (nSPS) is 12.8. The van der Waals surface area contributed by atoms with Crippen molar-refractivity contribution in [2.24, 2.45) is 0 Å². The third-order valence-corrected chi connectivity index (χ3v) is 7.72. The van der Waals surface area contributed by atoms with Crippen molar-refractivity contribution in [1.29, 1.82) is 0 Å². The fourth-order valence-electron chi connectivity index (χ4n) is 4.77. The van der Waals surface area contributed by atoms with Gasteiger partial charge in [-0.05, 0) is 0 Å². The molecule has 0 radical (unpaired) electrons. The molecule has 0 aromatic rings. The summed E-state index contributed by atoms with van der Waals surface area (Å²) in [6, 6.07) is 0. The van der Waals surface area contributed by atoms with Gasteiger partial charge in [0.2, 0.25) is 0 Å². The number of unbranched alkanes of at least 4 members (excludes halogenated alkanes) is 18. The van der Waals surface area contributed by atoms with Gasteiger partial charge in [0.05, 0.1) is 0 Å². The Morgan fingerprint density at radius 3 is 1.22 bits per heavy atom. The molecule has 4 nitrogen and oxygen atoms in total. The molecule has 0 heterocycles. The van der Waals surface area contributed by atoms with E-state index in [0.29, 0.717) is 13.2 Å². The molecule has 0 aliphatic heterocycles. The van der Waals surface area contributed by atoms with E-state index in [9.17, 15) is 0 Å². The summed E-state index contributed by atoms with van der Waals surface area (Å²) in [5.74, 6) is -1.08. The van der Waals surface area contributed by atoms with E-state index < -0.39 is 5.97 Å². The SMILES string of the molecule is CCCCCCCCOC(CCCCCC)C([O][Ti])(OCCCCCCCC)OCCCCCCCC. The van der Waals surface area contributed by atoms with Crippen LogP contribution in [0.5, 0.6) is 0 Å². The second-order valence-electron chi connectivity index (χ2n) is 10.9. The van der Waals surface area contributed by atoms with Crippen molar-refractivity contribution in [3.05, 3.63) is 0 Å². The molecule has 1 atom stereocenters. The number of ether oxygens (including phenoxy) is 3. The van der Waals surface area contributed by atoms with E-state index in [4.69, 9.17) is 17.5 Å². The Morgan fingerprint density at radius 2 is 0.811 bits per heavy atom. The van der Waals surface area contributed by atoms with Crippen LogP contribution in [-0.4, -0.2) is 31.9 Å². The van der Waals surface area contributed by atoms with Crippen molar-refractivity contribution in [3.8, 4) is 0 Å². The molecule has 0 spiro atoms. The van der Waals surface area contributed by atoms with Crippen molar-refractivity contribution in [1.82, 2.24) is 0 Å². The maximum atomic E-state index is 6.53. The predicted octanol–water partition coefficient (Wildman–Crippen LogP) is 10.6. The third-order valence-electron chi connectivity index (χ3n) is 7.28. The molecule has 0 N–H and O–H groups in total. The Kier molecular flexibility index (Phi) is 30.0. The van der Waals surface area contributed by atoms with E-state index in [1.807, 2.05) is 0 Å². The summed E-state index contributed by atoms with van der Waals surface area (Å²) in [4.78, 5) is 0. The first kappa shape index (κ1) is 37.6. The van der Waals surface area contributed by atoms with Gasteiger partial charge in [0.15, 0.2) is 0 Å². The van der Waals surface area contributed by atoms with Gasteiger partial charge in [0, 0.05) is 0 Å². The van der Waals surface area contributed by atoms with Crippen LogP contribution in [0.25, 0.3) is 0 Å². The standard InChI is InChI=1S/C32H65O4.Ti/c1-5-9-13-17-20-24-28-34-31(27-23-16-12-8-4)32(33,35-29-25-21-18-14-10-6-2)36-30-26-22-19-15-11-7-3;/h31H,5-30H2,1-4H3;/q-1;+1. The minimum absolute atomic E-state index is 0.176. The van der Waals surface area contributed by atoms with Gasteiger partial charge in [-0.1, -0.05) is 0 Å². The van der Waals surface area contributed by atoms with Crippen LogP contribution < -0.4 is 0 Å². The fraction of sp³-hybridized carbons (Fsp3) is 1.00. The summed E-state index contributed by atoms with van der Waals surface area (Å²) in [6.07, 6.45) is 28.2. The molecule has 0 aliphatic carbocycles. The minimum atomic E-state index is -1.08. The molecule has 5 heteroatoms. The molecule has 1 unspecified atom stereocenters. The van der Waals surface area contributed by atoms with Gasteiger partial charge >= 0.3 is 246 Å². The number of hydrogen-bond donors (Lipinski definition) is 0. The van der Waals surface area contributed by atoms with E-state index in [2.05, 4.69) is 27.7 Å². The molecule has 0 saturated carbocycles. The zero-order valence-electron chi connectivity index (χ0n) is 25.6. The second-order valence-corrected chi connectivity index (χ2v) is 11.2. The molecule has 37 heavy (non-hydrogen) atoms. The van der Waals surface area contributed by atoms with Gasteiger partial charge in [0.1, 0.15) is 0 Å². The Morgan fingerprint density at radius 1 is 0.459 bits per heavy atom. The van der Waals surface area contributed by atoms with E-state index in [0.717, 1.165) is 38.7 Å². The van der Waals surface area contributed by atoms with Crippen LogP contribution in [0.3, 0.4) is 0 Å². The van der Waals surface area contributed by atoms with Crippen LogP contribution in [0.1, 0.15) is 175 Å². The van der Waals surface area contributed by atoms with Crippen LogP contribution in [0.4, 0.5) is 0 Å². The Labute approximate surface area is 245 Å². The third kappa shape index (κ3) is 22.0. The molecule has 0 saturated heterocycles. The molecule has 0 aromatic carbocycles. The Hall–Kier alpha value is 0.554. The van der Waals surface area contributed by atoms with Crippen LogP contribution in [-0.2, 0) is 38.4 Å². The van der Waals surface area contributed by atoms with Gasteiger partial charge in [-0.15, -0.1) is 0 Å². The van der Waals surface area contributed by atoms with E-state index >= 15 is 0 Å². The Bertz CT molecular complexity index is 417. The summed E-state index contributed by atoms with van der Waals surface area (Å²) < 4.78 is 25.6. The van der Waals surface area contributed by atoms with Gasteiger partial charge in [0.25, 0.3) is 0 Å². The summed E-state index contributed by atoms with van der Waals surface area (Å²) >= 11 is 1.75. The van der Waals surface area contributed by atoms with E-state index in [-0.39, 0.29) is 6.10 Å². The molecule has 0 amide bonds. The topological polar surface area (TPSA) is 36.9 Å². The molecule has 0 fully saturated rings. The van der Waals surface area contributed by atoms with Crippen molar-refractivity contribution < 1.29 is 38.4 Å². The first-order chi connectivity index (χ1) is 18.2. The van der Waals surface area contributed by atoms with E-state index in [1.165, 1.54) is 116 Å². The summed E-state index contributed by atoms with van der Waals surface area (Å²) in [7, 11) is 0. The summed E-state index contributed by atoms with van der Waals surface area (Å²) in [6.45, 7) is 11.2. The second kappa shape index (κ2) is 29.5. The molecular weight excluding hydrogens is 496 g/mol. The van der Waals surface area contributed by atoms with Crippen LogP contribution in [0.15, 0.2) is 0 Å². The van der Waals surface area contributed by atoms with Gasteiger partial charge in [-0.3, -0.25) is 0 Å². The monoisotopic (exact) mass is 561 g/mol. The number of rotatable bonds is 31. The first-order valence-electron chi connectivity index (χ1n) is 16.4. The predicted molar refractivity (Wildman–Crippen MR) is 154 cm³/mol. The van der Waals surface area contributed by atoms with E-state index in [1.54, 1.807) is 20.8 Å². The molecule has 0 aliphatic rings. The van der Waals surface area contributed by atoms with Gasteiger partial charge < -0.3 is 0 Å². The van der Waals surface area contributed by atoms with Crippen molar-refractivity contribution in [3.63, 3.8) is 0 Å². The average molecular weight is 562 g/mol. The molecule has 0 bridgehead atoms. The van der Waals surface area contributed by atoms with Crippen molar-refractivity contribution in [2.75, 3.05) is 19.8 Å². The quantitative estimate of drug-likeness (QED) is 0.0479.